The predicted molar refractivity (Wildman–Crippen MR) is 100 cm³/mol. The molecule has 1 aromatic carbocycles. The van der Waals surface area contributed by atoms with Crippen LogP contribution in [-0.2, 0) is 11.3 Å². The highest BCUT2D eigenvalue weighted by Crippen LogP contribution is 2.33. The lowest BCUT2D eigenvalue weighted by Gasteiger charge is -2.31. The molecule has 0 unspecified atom stereocenters. The number of carbonyl (C=O) groups is 1. The summed E-state index contributed by atoms with van der Waals surface area (Å²) in [6.07, 6.45) is 0.338. The summed E-state index contributed by atoms with van der Waals surface area (Å²) in [7, 11) is 0. The second-order valence-corrected chi connectivity index (χ2v) is 6.36. The van der Waals surface area contributed by atoms with Crippen LogP contribution in [0.1, 0.15) is 6.92 Å². The van der Waals surface area contributed by atoms with Crippen molar-refractivity contribution in [3.8, 4) is 23.0 Å². The zero-order valence-electron chi connectivity index (χ0n) is 15.2. The number of hydrogen-bond donors (Lipinski definition) is 1. The number of hydrogen-bond acceptors (Lipinski definition) is 6. The van der Waals surface area contributed by atoms with Gasteiger partial charge in [-0.25, -0.2) is 4.68 Å². The van der Waals surface area contributed by atoms with Crippen molar-refractivity contribution < 1.29 is 18.7 Å². The SMILES string of the molecule is C[C@@H]1Oc2ccccc2O[C@@H]1C(=O)NCCn1nc(-c2ccco2)ccc1=O. The Balaban J connectivity index is 1.38. The smallest absolute Gasteiger partial charge is 0.266 e. The molecule has 2 aromatic heterocycles. The summed E-state index contributed by atoms with van der Waals surface area (Å²) < 4.78 is 18.1. The van der Waals surface area contributed by atoms with Gasteiger partial charge in [0.1, 0.15) is 11.8 Å². The Morgan fingerprint density at radius 1 is 1.11 bits per heavy atom. The minimum atomic E-state index is -0.769. The summed E-state index contributed by atoms with van der Waals surface area (Å²) in [6.45, 7) is 2.22. The molecule has 2 atom stereocenters. The molecule has 0 bridgehead atoms. The molecule has 1 amide bonds. The lowest BCUT2D eigenvalue weighted by molar-refractivity contribution is -0.133. The van der Waals surface area contributed by atoms with E-state index < -0.39 is 12.2 Å². The molecule has 8 nitrogen and oxygen atoms in total. The zero-order chi connectivity index (χ0) is 19.5. The molecule has 28 heavy (non-hydrogen) atoms. The number of fused-ring (bicyclic) bond motifs is 1. The summed E-state index contributed by atoms with van der Waals surface area (Å²) in [6, 6.07) is 13.7. The molecule has 0 aliphatic carbocycles. The summed E-state index contributed by atoms with van der Waals surface area (Å²) in [5, 5.41) is 7.05. The van der Waals surface area contributed by atoms with Crippen molar-refractivity contribution in [1.82, 2.24) is 15.1 Å². The molecule has 0 radical (unpaired) electrons. The summed E-state index contributed by atoms with van der Waals surface area (Å²) in [5.41, 5.74) is 0.286. The van der Waals surface area contributed by atoms with Gasteiger partial charge in [-0.05, 0) is 37.3 Å². The third-order valence-electron chi connectivity index (χ3n) is 4.36. The highest BCUT2D eigenvalue weighted by Gasteiger charge is 2.33. The van der Waals surface area contributed by atoms with Gasteiger partial charge < -0.3 is 19.2 Å². The van der Waals surface area contributed by atoms with E-state index in [1.54, 1.807) is 37.3 Å². The molecule has 1 aliphatic rings. The Morgan fingerprint density at radius 2 is 1.89 bits per heavy atom. The zero-order valence-corrected chi connectivity index (χ0v) is 15.2. The minimum absolute atomic E-state index is 0.220. The van der Waals surface area contributed by atoms with E-state index in [1.165, 1.54) is 17.0 Å². The van der Waals surface area contributed by atoms with E-state index in [1.807, 2.05) is 12.1 Å². The first-order valence-electron chi connectivity index (χ1n) is 8.94. The number of nitrogens with zero attached hydrogens (tertiary/aromatic N) is 2. The largest absolute Gasteiger partial charge is 0.482 e. The van der Waals surface area contributed by atoms with E-state index in [2.05, 4.69) is 10.4 Å². The van der Waals surface area contributed by atoms with E-state index in [4.69, 9.17) is 13.9 Å². The van der Waals surface area contributed by atoms with Crippen LogP contribution in [0.2, 0.25) is 0 Å². The van der Waals surface area contributed by atoms with Crippen LogP contribution in [0.5, 0.6) is 11.5 Å². The molecule has 144 valence electrons. The Morgan fingerprint density at radius 3 is 2.64 bits per heavy atom. The normalized spacial score (nSPS) is 17.9. The van der Waals surface area contributed by atoms with Gasteiger partial charge in [0.05, 0.1) is 12.8 Å². The van der Waals surface area contributed by atoms with E-state index in [-0.39, 0.29) is 24.6 Å². The maximum atomic E-state index is 12.5. The lowest BCUT2D eigenvalue weighted by Crippen LogP contribution is -2.49. The average molecular weight is 381 g/mol. The molecule has 8 heteroatoms. The van der Waals surface area contributed by atoms with Crippen molar-refractivity contribution in [2.75, 3.05) is 6.54 Å². The molecule has 0 spiro atoms. The maximum Gasteiger partial charge on any atom is 0.266 e. The summed E-state index contributed by atoms with van der Waals surface area (Å²) in [4.78, 5) is 24.5. The van der Waals surface area contributed by atoms with Crippen LogP contribution < -0.4 is 20.3 Å². The molecule has 3 aromatic rings. The van der Waals surface area contributed by atoms with Gasteiger partial charge in [0, 0.05) is 12.6 Å². The van der Waals surface area contributed by atoms with Crippen LogP contribution in [0.4, 0.5) is 0 Å². The Labute approximate surface area is 160 Å². The lowest BCUT2D eigenvalue weighted by atomic mass is 10.1. The molecule has 0 saturated heterocycles. The Bertz CT molecular complexity index is 1030. The number of amides is 1. The Kier molecular flexibility index (Phi) is 4.84. The monoisotopic (exact) mass is 381 g/mol. The molecule has 0 saturated carbocycles. The molecule has 0 fully saturated rings. The fourth-order valence-corrected chi connectivity index (χ4v) is 2.96. The van der Waals surface area contributed by atoms with Crippen molar-refractivity contribution in [2.24, 2.45) is 0 Å². The fourth-order valence-electron chi connectivity index (χ4n) is 2.96. The van der Waals surface area contributed by atoms with Crippen LogP contribution in [-0.4, -0.2) is 34.4 Å². The second-order valence-electron chi connectivity index (χ2n) is 6.36. The first kappa shape index (κ1) is 17.8. The third kappa shape index (κ3) is 3.62. The van der Waals surface area contributed by atoms with Crippen LogP contribution in [0.3, 0.4) is 0 Å². The average Bonchev–Trinajstić information content (AvgIpc) is 3.23. The van der Waals surface area contributed by atoms with Gasteiger partial charge in [-0.3, -0.25) is 9.59 Å². The first-order chi connectivity index (χ1) is 13.6. The van der Waals surface area contributed by atoms with Gasteiger partial charge in [-0.2, -0.15) is 5.10 Å². The number of benzene rings is 1. The van der Waals surface area contributed by atoms with Gasteiger partial charge in [-0.15, -0.1) is 0 Å². The number of ether oxygens (including phenoxy) is 2. The summed E-state index contributed by atoms with van der Waals surface area (Å²) >= 11 is 0. The Hall–Kier alpha value is -3.55. The van der Waals surface area contributed by atoms with Crippen LogP contribution in [0.15, 0.2) is 64.0 Å². The number of rotatable bonds is 5. The van der Waals surface area contributed by atoms with Crippen molar-refractivity contribution >= 4 is 5.91 Å². The van der Waals surface area contributed by atoms with Gasteiger partial charge in [-0.1, -0.05) is 12.1 Å². The number of nitrogens with one attached hydrogen (secondary N) is 1. The quantitative estimate of drug-likeness (QED) is 0.725. The molecule has 3 heterocycles. The van der Waals surface area contributed by atoms with Gasteiger partial charge in [0.15, 0.2) is 17.3 Å². The fraction of sp³-hybridized carbons (Fsp3) is 0.250. The van der Waals surface area contributed by atoms with E-state index in [0.29, 0.717) is 23.0 Å². The number of carbonyl (C=O) groups excluding carboxylic acids is 1. The number of furan rings is 1. The third-order valence-corrected chi connectivity index (χ3v) is 4.36. The van der Waals surface area contributed by atoms with E-state index >= 15 is 0 Å². The highest BCUT2D eigenvalue weighted by molar-refractivity contribution is 5.82. The number of para-hydroxylation sites is 2. The standard InChI is InChI=1S/C20H19N3O5/c1-13-19(28-17-6-3-2-5-16(17)27-13)20(25)21-10-11-23-18(24)9-8-14(22-23)15-7-4-12-26-15/h2-9,12-13,19H,10-11H2,1H3,(H,21,25)/t13-,19-/m0/s1. The second kappa shape index (κ2) is 7.59. The van der Waals surface area contributed by atoms with Crippen molar-refractivity contribution in [1.29, 1.82) is 0 Å². The van der Waals surface area contributed by atoms with Gasteiger partial charge in [0.2, 0.25) is 6.10 Å². The molecule has 1 N–H and O–H groups in total. The molecular weight excluding hydrogens is 362 g/mol. The van der Waals surface area contributed by atoms with Crippen LogP contribution in [0.25, 0.3) is 11.5 Å². The number of aromatic nitrogens is 2. The van der Waals surface area contributed by atoms with E-state index in [9.17, 15) is 9.59 Å². The van der Waals surface area contributed by atoms with Gasteiger partial charge >= 0.3 is 0 Å². The van der Waals surface area contributed by atoms with E-state index in [0.717, 1.165) is 0 Å². The molecule has 4 rings (SSSR count). The highest BCUT2D eigenvalue weighted by atomic mass is 16.6. The van der Waals surface area contributed by atoms with Crippen LogP contribution in [0, 0.1) is 0 Å². The topological polar surface area (TPSA) is 95.6 Å². The molecule has 1 aliphatic heterocycles. The minimum Gasteiger partial charge on any atom is -0.482 e. The van der Waals surface area contributed by atoms with Crippen molar-refractivity contribution in [2.45, 2.75) is 25.7 Å². The first-order valence-corrected chi connectivity index (χ1v) is 8.94. The predicted octanol–water partition coefficient (Wildman–Crippen LogP) is 1.85. The summed E-state index contributed by atoms with van der Waals surface area (Å²) in [5.74, 6) is 1.41. The van der Waals surface area contributed by atoms with Crippen molar-refractivity contribution in [3.05, 3.63) is 65.1 Å². The molecular formula is C20H19N3O5. The van der Waals surface area contributed by atoms with Crippen LogP contribution >= 0.6 is 0 Å². The maximum absolute atomic E-state index is 12.5. The van der Waals surface area contributed by atoms with Crippen molar-refractivity contribution in [3.63, 3.8) is 0 Å². The van der Waals surface area contributed by atoms with Gasteiger partial charge in [0.25, 0.3) is 11.5 Å².